The molecule has 0 aliphatic heterocycles. The first-order chi connectivity index (χ1) is 13.5. The fraction of sp³-hybridized carbons (Fsp3) is 0.111. The summed E-state index contributed by atoms with van der Waals surface area (Å²) in [4.78, 5) is 24.7. The highest BCUT2D eigenvalue weighted by Crippen LogP contribution is 2.23. The van der Waals surface area contributed by atoms with Crippen LogP contribution in [0.3, 0.4) is 0 Å². The predicted molar refractivity (Wildman–Crippen MR) is 105 cm³/mol. The van der Waals surface area contributed by atoms with Crippen molar-refractivity contribution in [1.29, 1.82) is 0 Å². The van der Waals surface area contributed by atoms with Gasteiger partial charge in [-0.25, -0.2) is 4.68 Å². The van der Waals surface area contributed by atoms with Gasteiger partial charge in [0.2, 0.25) is 5.91 Å². The zero-order valence-electron chi connectivity index (χ0n) is 14.8. The quantitative estimate of drug-likeness (QED) is 0.583. The smallest absolute Gasteiger partial charge is 0.280 e. The third-order valence-corrected chi connectivity index (χ3v) is 4.11. The molecule has 0 fully saturated rings. The van der Waals surface area contributed by atoms with E-state index in [2.05, 4.69) is 20.9 Å². The van der Waals surface area contributed by atoms with E-state index in [0.717, 1.165) is 4.68 Å². The Morgan fingerprint density at radius 3 is 2.50 bits per heavy atom. The number of carbonyl (C=O) groups is 2. The van der Waals surface area contributed by atoms with Crippen LogP contribution in [0.2, 0.25) is 5.02 Å². The summed E-state index contributed by atoms with van der Waals surface area (Å²) >= 11 is 6.02. The number of carbonyl (C=O) groups excluding carboxylic acids is 2. The number of nitrogens with zero attached hydrogens (tertiary/aromatic N) is 3. The van der Waals surface area contributed by atoms with Crippen molar-refractivity contribution >= 4 is 40.6 Å². The fourth-order valence-corrected chi connectivity index (χ4v) is 2.60. The Hall–Kier alpha value is -3.59. The molecule has 0 aliphatic rings. The van der Waals surface area contributed by atoms with Gasteiger partial charge in [0.25, 0.3) is 5.91 Å². The molecule has 1 aromatic heterocycles. The summed E-state index contributed by atoms with van der Waals surface area (Å²) in [6.45, 7) is -0.226. The number of nitrogens with one attached hydrogen (secondary N) is 2. The van der Waals surface area contributed by atoms with Gasteiger partial charge in [-0.3, -0.25) is 9.59 Å². The molecular weight excluding hydrogens is 384 g/mol. The molecule has 28 heavy (non-hydrogen) atoms. The van der Waals surface area contributed by atoms with E-state index in [4.69, 9.17) is 22.1 Å². The van der Waals surface area contributed by atoms with Crippen LogP contribution in [0.1, 0.15) is 10.5 Å². The van der Waals surface area contributed by atoms with Gasteiger partial charge >= 0.3 is 0 Å². The highest BCUT2D eigenvalue weighted by atomic mass is 35.5. The Bertz CT molecular complexity index is 1020. The van der Waals surface area contributed by atoms with Crippen LogP contribution in [0.4, 0.5) is 17.2 Å². The van der Waals surface area contributed by atoms with Crippen molar-refractivity contribution in [2.75, 3.05) is 23.5 Å². The average molecular weight is 401 g/mol. The Labute approximate surface area is 165 Å². The summed E-state index contributed by atoms with van der Waals surface area (Å²) in [7, 11) is 1.50. The summed E-state index contributed by atoms with van der Waals surface area (Å²) < 4.78 is 6.32. The van der Waals surface area contributed by atoms with Crippen LogP contribution in [0.5, 0.6) is 5.75 Å². The van der Waals surface area contributed by atoms with Crippen molar-refractivity contribution in [3.05, 3.63) is 59.2 Å². The molecule has 0 spiro atoms. The van der Waals surface area contributed by atoms with E-state index < -0.39 is 11.8 Å². The molecular formula is C18H17ClN6O3. The summed E-state index contributed by atoms with van der Waals surface area (Å²) in [5.74, 6) is -0.511. The van der Waals surface area contributed by atoms with Crippen molar-refractivity contribution in [3.63, 3.8) is 0 Å². The summed E-state index contributed by atoms with van der Waals surface area (Å²) in [6, 6.07) is 13.7. The molecule has 4 N–H and O–H groups in total. The zero-order chi connectivity index (χ0) is 20.1. The lowest BCUT2D eigenvalue weighted by Gasteiger charge is -2.10. The lowest BCUT2D eigenvalue weighted by atomic mass is 10.3. The lowest BCUT2D eigenvalue weighted by molar-refractivity contribution is -0.116. The molecule has 9 nitrogen and oxygen atoms in total. The molecule has 0 saturated heterocycles. The number of amides is 2. The number of hydrogen-bond acceptors (Lipinski definition) is 6. The van der Waals surface area contributed by atoms with E-state index in [0.29, 0.717) is 22.1 Å². The van der Waals surface area contributed by atoms with Gasteiger partial charge in [-0.15, -0.1) is 5.10 Å². The second-order valence-corrected chi connectivity index (χ2v) is 6.07. The predicted octanol–water partition coefficient (Wildman–Crippen LogP) is 2.41. The second kappa shape index (κ2) is 8.40. The number of benzene rings is 2. The fourth-order valence-electron chi connectivity index (χ4n) is 2.42. The van der Waals surface area contributed by atoms with Gasteiger partial charge in [-0.2, -0.15) is 0 Å². The topological polar surface area (TPSA) is 124 Å². The summed E-state index contributed by atoms with van der Waals surface area (Å²) in [5, 5.41) is 13.2. The van der Waals surface area contributed by atoms with Gasteiger partial charge in [0, 0.05) is 0 Å². The number of aromatic nitrogens is 3. The molecule has 0 radical (unpaired) electrons. The Kier molecular flexibility index (Phi) is 5.75. The van der Waals surface area contributed by atoms with Crippen LogP contribution in [-0.2, 0) is 11.3 Å². The molecule has 0 unspecified atom stereocenters. The highest BCUT2D eigenvalue weighted by Gasteiger charge is 2.20. The van der Waals surface area contributed by atoms with Crippen molar-refractivity contribution in [1.82, 2.24) is 15.0 Å². The number of para-hydroxylation sites is 3. The van der Waals surface area contributed by atoms with Gasteiger partial charge < -0.3 is 21.1 Å². The van der Waals surface area contributed by atoms with Crippen LogP contribution in [0.25, 0.3) is 0 Å². The molecule has 0 bridgehead atoms. The van der Waals surface area contributed by atoms with Crippen LogP contribution in [-0.4, -0.2) is 33.9 Å². The molecule has 2 aromatic carbocycles. The van der Waals surface area contributed by atoms with E-state index in [-0.39, 0.29) is 18.1 Å². The van der Waals surface area contributed by atoms with Crippen molar-refractivity contribution < 1.29 is 14.3 Å². The van der Waals surface area contributed by atoms with Crippen LogP contribution >= 0.6 is 11.6 Å². The molecule has 0 aliphatic carbocycles. The molecule has 1 heterocycles. The minimum Gasteiger partial charge on any atom is -0.495 e. The first kappa shape index (κ1) is 19.2. The van der Waals surface area contributed by atoms with Gasteiger partial charge in [-0.1, -0.05) is 41.1 Å². The Balaban J connectivity index is 1.69. The number of rotatable bonds is 6. The molecule has 0 atom stereocenters. The van der Waals surface area contributed by atoms with E-state index >= 15 is 0 Å². The van der Waals surface area contributed by atoms with Gasteiger partial charge in [0.15, 0.2) is 11.5 Å². The van der Waals surface area contributed by atoms with Crippen molar-refractivity contribution in [2.24, 2.45) is 0 Å². The Morgan fingerprint density at radius 1 is 1.11 bits per heavy atom. The first-order valence-electron chi connectivity index (χ1n) is 8.17. The maximum absolute atomic E-state index is 12.4. The van der Waals surface area contributed by atoms with E-state index in [9.17, 15) is 9.59 Å². The van der Waals surface area contributed by atoms with Gasteiger partial charge in [0.1, 0.15) is 12.3 Å². The second-order valence-electron chi connectivity index (χ2n) is 5.66. The largest absolute Gasteiger partial charge is 0.495 e. The normalized spacial score (nSPS) is 10.4. The Morgan fingerprint density at radius 2 is 1.79 bits per heavy atom. The minimum atomic E-state index is -0.581. The summed E-state index contributed by atoms with van der Waals surface area (Å²) in [5.41, 5.74) is 6.75. The number of anilines is 3. The van der Waals surface area contributed by atoms with Crippen molar-refractivity contribution in [3.8, 4) is 5.75 Å². The van der Waals surface area contributed by atoms with E-state index in [1.165, 1.54) is 7.11 Å². The van der Waals surface area contributed by atoms with Crippen molar-refractivity contribution in [2.45, 2.75) is 6.54 Å². The molecule has 3 aromatic rings. The molecule has 0 saturated carbocycles. The third kappa shape index (κ3) is 4.21. The van der Waals surface area contributed by atoms with Gasteiger partial charge in [0.05, 0.1) is 23.5 Å². The minimum absolute atomic E-state index is 0.0419. The first-order valence-corrected chi connectivity index (χ1v) is 8.55. The number of methoxy groups -OCH3 is 1. The lowest BCUT2D eigenvalue weighted by Crippen LogP contribution is -2.21. The zero-order valence-corrected chi connectivity index (χ0v) is 15.6. The monoisotopic (exact) mass is 400 g/mol. The number of nitrogens with two attached hydrogens (primary N) is 1. The molecule has 3 rings (SSSR count). The highest BCUT2D eigenvalue weighted by molar-refractivity contribution is 6.33. The number of hydrogen-bond donors (Lipinski definition) is 3. The van der Waals surface area contributed by atoms with Gasteiger partial charge in [-0.05, 0) is 24.3 Å². The molecule has 10 heteroatoms. The summed E-state index contributed by atoms with van der Waals surface area (Å²) in [6.07, 6.45) is 0. The SMILES string of the molecule is COc1ccccc1NC(=O)Cn1nnc(C(=O)Nc2ccccc2Cl)c1N. The maximum atomic E-state index is 12.4. The number of nitrogen functional groups attached to an aromatic ring is 1. The van der Waals surface area contributed by atoms with E-state index in [1.54, 1.807) is 48.5 Å². The van der Waals surface area contributed by atoms with Crippen LogP contribution < -0.4 is 21.1 Å². The number of ether oxygens (including phenoxy) is 1. The molecule has 2 amide bonds. The average Bonchev–Trinajstić information content (AvgIpc) is 3.04. The molecule has 144 valence electrons. The third-order valence-electron chi connectivity index (χ3n) is 3.78. The van der Waals surface area contributed by atoms with Crippen LogP contribution in [0.15, 0.2) is 48.5 Å². The van der Waals surface area contributed by atoms with Crippen LogP contribution in [0, 0.1) is 0 Å². The standard InChI is InChI=1S/C18H17ClN6O3/c1-28-14-9-5-4-8-13(14)21-15(26)10-25-17(20)16(23-24-25)18(27)22-12-7-3-2-6-11(12)19/h2-9H,10,20H2,1H3,(H,21,26)(H,22,27). The maximum Gasteiger partial charge on any atom is 0.280 e. The number of halogens is 1. The van der Waals surface area contributed by atoms with E-state index in [1.807, 2.05) is 0 Å².